The third-order valence-corrected chi connectivity index (χ3v) is 5.03. The number of aryl methyl sites for hydroxylation is 1. The molecule has 1 aliphatic heterocycles. The minimum Gasteiger partial charge on any atom is -0.382 e. The summed E-state index contributed by atoms with van der Waals surface area (Å²) in [5.74, 6) is 1.37. The Balaban J connectivity index is 1.45. The van der Waals surface area contributed by atoms with Crippen LogP contribution in [0, 0.1) is 18.7 Å². The van der Waals surface area contributed by atoms with Gasteiger partial charge >= 0.3 is 0 Å². The first-order valence-corrected chi connectivity index (χ1v) is 8.96. The van der Waals surface area contributed by atoms with E-state index in [1.165, 1.54) is 25.0 Å². The molecule has 1 fully saturated rings. The van der Waals surface area contributed by atoms with Crippen LogP contribution in [0.15, 0.2) is 24.3 Å². The van der Waals surface area contributed by atoms with Gasteiger partial charge in [0, 0.05) is 31.2 Å². The summed E-state index contributed by atoms with van der Waals surface area (Å²) < 4.78 is 15.1. The first kappa shape index (κ1) is 16.1. The molecule has 1 aromatic heterocycles. The lowest BCUT2D eigenvalue weighted by atomic mass is 10.1. The van der Waals surface area contributed by atoms with Crippen LogP contribution in [0.4, 0.5) is 10.1 Å². The molecule has 2 heterocycles. The molecule has 25 heavy (non-hydrogen) atoms. The molecule has 6 heteroatoms. The number of hydrogen-bond donors (Lipinski definition) is 2. The summed E-state index contributed by atoms with van der Waals surface area (Å²) in [6.45, 7) is 3.44. The standard InChI is InChI=1S/C19H23FN4O/c1-12-18(19(25)21-11-13-2-3-13)24-9-8-16(10-17(24)22-12)23-15-6-4-14(20)5-7-15/h4-7,13,16,23H,2-3,8-11H2,1H3,(H,21,25). The third-order valence-electron chi connectivity index (χ3n) is 5.03. The number of nitrogens with zero attached hydrogens (tertiary/aromatic N) is 2. The molecule has 2 aliphatic rings. The van der Waals surface area contributed by atoms with Crippen LogP contribution >= 0.6 is 0 Å². The van der Waals surface area contributed by atoms with E-state index in [4.69, 9.17) is 0 Å². The Labute approximate surface area is 146 Å². The minimum absolute atomic E-state index is 0.00639. The van der Waals surface area contributed by atoms with Crippen LogP contribution in [0.1, 0.15) is 41.3 Å². The quantitative estimate of drug-likeness (QED) is 0.878. The molecule has 2 N–H and O–H groups in total. The summed E-state index contributed by atoms with van der Waals surface area (Å²) in [4.78, 5) is 17.1. The highest BCUT2D eigenvalue weighted by Crippen LogP contribution is 2.28. The number of rotatable bonds is 5. The van der Waals surface area contributed by atoms with E-state index in [2.05, 4.69) is 20.2 Å². The molecule has 0 bridgehead atoms. The number of carbonyl (C=O) groups excluding carboxylic acids is 1. The minimum atomic E-state index is -0.234. The van der Waals surface area contributed by atoms with Gasteiger partial charge in [0.25, 0.3) is 5.91 Å². The number of carbonyl (C=O) groups is 1. The molecule has 1 aromatic carbocycles. The second-order valence-corrected chi connectivity index (χ2v) is 7.11. The lowest BCUT2D eigenvalue weighted by molar-refractivity contribution is 0.0940. The van der Waals surface area contributed by atoms with Gasteiger partial charge in [-0.1, -0.05) is 0 Å². The van der Waals surface area contributed by atoms with Crippen molar-refractivity contribution in [3.05, 3.63) is 47.3 Å². The van der Waals surface area contributed by atoms with E-state index in [0.29, 0.717) is 11.6 Å². The number of nitrogens with one attached hydrogen (secondary N) is 2. The van der Waals surface area contributed by atoms with Crippen molar-refractivity contribution < 1.29 is 9.18 Å². The van der Waals surface area contributed by atoms with Gasteiger partial charge in [-0.15, -0.1) is 0 Å². The van der Waals surface area contributed by atoms with Crippen molar-refractivity contribution in [3.63, 3.8) is 0 Å². The average Bonchev–Trinajstić information content (AvgIpc) is 3.36. The lowest BCUT2D eigenvalue weighted by Crippen LogP contribution is -2.33. The first-order valence-electron chi connectivity index (χ1n) is 8.96. The van der Waals surface area contributed by atoms with Gasteiger partial charge in [-0.2, -0.15) is 0 Å². The lowest BCUT2D eigenvalue weighted by Gasteiger charge is -2.26. The maximum Gasteiger partial charge on any atom is 0.269 e. The van der Waals surface area contributed by atoms with Gasteiger partial charge in [-0.3, -0.25) is 4.79 Å². The molecular weight excluding hydrogens is 319 g/mol. The number of aromatic nitrogens is 2. The van der Waals surface area contributed by atoms with Crippen LogP contribution in [-0.4, -0.2) is 28.0 Å². The molecule has 1 aliphatic carbocycles. The van der Waals surface area contributed by atoms with Crippen molar-refractivity contribution in [2.45, 2.75) is 45.2 Å². The topological polar surface area (TPSA) is 59.0 Å². The molecule has 132 valence electrons. The van der Waals surface area contributed by atoms with Gasteiger partial charge in [-0.25, -0.2) is 9.37 Å². The van der Waals surface area contributed by atoms with E-state index < -0.39 is 0 Å². The van der Waals surface area contributed by atoms with Gasteiger partial charge in [0.15, 0.2) is 0 Å². The molecule has 1 amide bonds. The fraction of sp³-hybridized carbons (Fsp3) is 0.474. The molecule has 0 radical (unpaired) electrons. The molecule has 1 saturated carbocycles. The zero-order valence-corrected chi connectivity index (χ0v) is 14.4. The molecule has 4 rings (SSSR count). The fourth-order valence-electron chi connectivity index (χ4n) is 3.47. The maximum absolute atomic E-state index is 13.0. The number of hydrogen-bond acceptors (Lipinski definition) is 3. The number of halogens is 1. The summed E-state index contributed by atoms with van der Waals surface area (Å²) in [5.41, 5.74) is 2.41. The Kier molecular flexibility index (Phi) is 4.19. The highest BCUT2D eigenvalue weighted by Gasteiger charge is 2.28. The number of fused-ring (bicyclic) bond motifs is 1. The van der Waals surface area contributed by atoms with Crippen LogP contribution in [0.5, 0.6) is 0 Å². The van der Waals surface area contributed by atoms with Crippen LogP contribution in [0.2, 0.25) is 0 Å². The van der Waals surface area contributed by atoms with Crippen molar-refractivity contribution >= 4 is 11.6 Å². The van der Waals surface area contributed by atoms with Crippen molar-refractivity contribution in [1.29, 1.82) is 0 Å². The molecule has 0 spiro atoms. The molecule has 1 unspecified atom stereocenters. The number of anilines is 1. The normalized spacial score (nSPS) is 19.4. The van der Waals surface area contributed by atoms with E-state index in [-0.39, 0.29) is 17.8 Å². The molecule has 0 saturated heterocycles. The highest BCUT2D eigenvalue weighted by atomic mass is 19.1. The van der Waals surface area contributed by atoms with Gasteiger partial charge in [0.1, 0.15) is 17.3 Å². The van der Waals surface area contributed by atoms with Crippen molar-refractivity contribution in [2.75, 3.05) is 11.9 Å². The number of benzene rings is 1. The van der Waals surface area contributed by atoms with E-state index in [1.807, 2.05) is 6.92 Å². The number of amides is 1. The number of imidazole rings is 1. The SMILES string of the molecule is Cc1nc2n(c1C(=O)NCC1CC1)CCC(Nc1ccc(F)cc1)C2. The second-order valence-electron chi connectivity index (χ2n) is 7.11. The second kappa shape index (κ2) is 6.50. The third kappa shape index (κ3) is 3.52. The van der Waals surface area contributed by atoms with E-state index >= 15 is 0 Å². The Hall–Kier alpha value is -2.37. The van der Waals surface area contributed by atoms with Crippen LogP contribution in [0.25, 0.3) is 0 Å². The predicted molar refractivity (Wildman–Crippen MR) is 94.2 cm³/mol. The van der Waals surface area contributed by atoms with Gasteiger partial charge in [-0.05, 0) is 56.4 Å². The van der Waals surface area contributed by atoms with Crippen LogP contribution in [-0.2, 0) is 13.0 Å². The van der Waals surface area contributed by atoms with Crippen molar-refractivity contribution in [1.82, 2.24) is 14.9 Å². The Morgan fingerprint density at radius 2 is 2.04 bits per heavy atom. The van der Waals surface area contributed by atoms with Crippen LogP contribution in [0.3, 0.4) is 0 Å². The first-order chi connectivity index (χ1) is 12.1. The van der Waals surface area contributed by atoms with Crippen LogP contribution < -0.4 is 10.6 Å². The van der Waals surface area contributed by atoms with Crippen molar-refractivity contribution in [3.8, 4) is 0 Å². The van der Waals surface area contributed by atoms with Crippen molar-refractivity contribution in [2.24, 2.45) is 5.92 Å². The summed E-state index contributed by atoms with van der Waals surface area (Å²) in [7, 11) is 0. The van der Waals surface area contributed by atoms with Gasteiger partial charge in [0.05, 0.1) is 5.69 Å². The largest absolute Gasteiger partial charge is 0.382 e. The van der Waals surface area contributed by atoms with Gasteiger partial charge < -0.3 is 15.2 Å². The zero-order chi connectivity index (χ0) is 17.4. The monoisotopic (exact) mass is 342 g/mol. The average molecular weight is 342 g/mol. The van der Waals surface area contributed by atoms with E-state index in [0.717, 1.165) is 43.1 Å². The summed E-state index contributed by atoms with van der Waals surface area (Å²) >= 11 is 0. The Bertz CT molecular complexity index is 779. The Morgan fingerprint density at radius 1 is 1.28 bits per heavy atom. The Morgan fingerprint density at radius 3 is 2.76 bits per heavy atom. The summed E-state index contributed by atoms with van der Waals surface area (Å²) in [6.07, 6.45) is 4.11. The van der Waals surface area contributed by atoms with E-state index in [9.17, 15) is 9.18 Å². The highest BCUT2D eigenvalue weighted by molar-refractivity contribution is 5.93. The zero-order valence-electron chi connectivity index (χ0n) is 14.4. The molecule has 5 nitrogen and oxygen atoms in total. The fourth-order valence-corrected chi connectivity index (χ4v) is 3.47. The maximum atomic E-state index is 13.0. The smallest absolute Gasteiger partial charge is 0.269 e. The van der Waals surface area contributed by atoms with E-state index in [1.54, 1.807) is 12.1 Å². The summed E-state index contributed by atoms with van der Waals surface area (Å²) in [6, 6.07) is 6.65. The predicted octanol–water partition coefficient (Wildman–Crippen LogP) is 2.90. The summed E-state index contributed by atoms with van der Waals surface area (Å²) in [5, 5.41) is 6.48. The van der Waals surface area contributed by atoms with Gasteiger partial charge in [0.2, 0.25) is 0 Å². The molecular formula is C19H23FN4O. The molecule has 1 atom stereocenters. The molecule has 2 aromatic rings.